The molecule has 0 aliphatic carbocycles. The molecule has 5 heteroatoms. The number of hydrogen-bond acceptors (Lipinski definition) is 5. The smallest absolute Gasteiger partial charge is 0.187 e. The van der Waals surface area contributed by atoms with Crippen LogP contribution in [0.15, 0.2) is 66.0 Å². The lowest BCUT2D eigenvalue weighted by molar-refractivity contribution is 0.171. The lowest BCUT2D eigenvalue weighted by Crippen LogP contribution is -2.15. The van der Waals surface area contributed by atoms with Gasteiger partial charge in [-0.15, -0.1) is 11.3 Å². The summed E-state index contributed by atoms with van der Waals surface area (Å²) in [7, 11) is 0. The van der Waals surface area contributed by atoms with Crippen LogP contribution in [-0.2, 0) is 0 Å². The molecular formula is C21H16N2O2S. The second-order valence-corrected chi connectivity index (χ2v) is 6.94. The van der Waals surface area contributed by atoms with Gasteiger partial charge in [0.25, 0.3) is 0 Å². The second-order valence-electron chi connectivity index (χ2n) is 6.08. The van der Waals surface area contributed by atoms with E-state index in [9.17, 15) is 0 Å². The van der Waals surface area contributed by atoms with E-state index in [1.165, 1.54) is 10.8 Å². The van der Waals surface area contributed by atoms with E-state index in [0.717, 1.165) is 33.6 Å². The number of fused-ring (bicyclic) bond motifs is 2. The van der Waals surface area contributed by atoms with E-state index >= 15 is 0 Å². The summed E-state index contributed by atoms with van der Waals surface area (Å²) in [6.45, 7) is 1.18. The predicted octanol–water partition coefficient (Wildman–Crippen LogP) is 5.48. The van der Waals surface area contributed by atoms with Crippen molar-refractivity contribution in [3.05, 3.63) is 66.0 Å². The van der Waals surface area contributed by atoms with E-state index in [2.05, 4.69) is 53.2 Å². The number of hydrogen-bond donors (Lipinski definition) is 1. The molecule has 4 aromatic rings. The Bertz CT molecular complexity index is 1090. The zero-order valence-electron chi connectivity index (χ0n) is 13.9. The molecule has 0 saturated heterocycles. The Labute approximate surface area is 155 Å². The molecule has 1 aliphatic heterocycles. The molecule has 0 radical (unpaired) electrons. The number of benzene rings is 3. The monoisotopic (exact) mass is 360 g/mol. The standard InChI is InChI=1S/C21H16N2O2S/c1-2-4-15-11-16(6-5-14(15)3-1)18-13-26-21(23-18)22-17-7-8-19-20(12-17)25-10-9-24-19/h1-8,11-13H,9-10H2,(H,22,23). The van der Waals surface area contributed by atoms with Crippen molar-refractivity contribution < 1.29 is 9.47 Å². The van der Waals surface area contributed by atoms with Crippen LogP contribution in [0.2, 0.25) is 0 Å². The lowest BCUT2D eigenvalue weighted by atomic mass is 10.1. The van der Waals surface area contributed by atoms with E-state index < -0.39 is 0 Å². The molecule has 1 aromatic heterocycles. The van der Waals surface area contributed by atoms with Crippen LogP contribution in [0, 0.1) is 0 Å². The summed E-state index contributed by atoms with van der Waals surface area (Å²) in [6.07, 6.45) is 0. The minimum absolute atomic E-state index is 0.583. The maximum absolute atomic E-state index is 5.64. The topological polar surface area (TPSA) is 43.4 Å². The van der Waals surface area contributed by atoms with Crippen LogP contribution < -0.4 is 14.8 Å². The van der Waals surface area contributed by atoms with Crippen LogP contribution in [0.3, 0.4) is 0 Å². The van der Waals surface area contributed by atoms with Gasteiger partial charge in [0.1, 0.15) is 13.2 Å². The van der Waals surface area contributed by atoms with Crippen LogP contribution in [0.4, 0.5) is 10.8 Å². The average Bonchev–Trinajstić information content (AvgIpc) is 3.16. The first-order valence-electron chi connectivity index (χ1n) is 8.46. The number of aromatic nitrogens is 1. The first-order valence-corrected chi connectivity index (χ1v) is 9.34. The van der Waals surface area contributed by atoms with Crippen molar-refractivity contribution in [3.8, 4) is 22.8 Å². The van der Waals surface area contributed by atoms with E-state index in [1.807, 2.05) is 18.2 Å². The summed E-state index contributed by atoms with van der Waals surface area (Å²) in [5, 5.41) is 8.74. The van der Waals surface area contributed by atoms with Gasteiger partial charge in [-0.25, -0.2) is 4.98 Å². The molecular weight excluding hydrogens is 344 g/mol. The maximum atomic E-state index is 5.64. The van der Waals surface area contributed by atoms with Gasteiger partial charge in [0.15, 0.2) is 16.6 Å². The van der Waals surface area contributed by atoms with E-state index in [-0.39, 0.29) is 0 Å². The quantitative estimate of drug-likeness (QED) is 0.525. The Kier molecular flexibility index (Phi) is 3.72. The normalized spacial score (nSPS) is 12.9. The molecule has 128 valence electrons. The van der Waals surface area contributed by atoms with Crippen molar-refractivity contribution >= 4 is 32.9 Å². The van der Waals surface area contributed by atoms with Gasteiger partial charge < -0.3 is 14.8 Å². The van der Waals surface area contributed by atoms with E-state index in [4.69, 9.17) is 14.5 Å². The predicted molar refractivity (Wildman–Crippen MR) is 106 cm³/mol. The molecule has 0 spiro atoms. The third-order valence-corrected chi connectivity index (χ3v) is 5.10. The van der Waals surface area contributed by atoms with Gasteiger partial charge in [0.05, 0.1) is 5.69 Å². The van der Waals surface area contributed by atoms with Gasteiger partial charge in [-0.2, -0.15) is 0 Å². The van der Waals surface area contributed by atoms with Crippen molar-refractivity contribution in [3.63, 3.8) is 0 Å². The summed E-state index contributed by atoms with van der Waals surface area (Å²) in [4.78, 5) is 4.73. The van der Waals surface area contributed by atoms with E-state index in [1.54, 1.807) is 11.3 Å². The number of nitrogens with one attached hydrogen (secondary N) is 1. The number of ether oxygens (including phenoxy) is 2. The van der Waals surface area contributed by atoms with Crippen LogP contribution in [-0.4, -0.2) is 18.2 Å². The maximum Gasteiger partial charge on any atom is 0.187 e. The Hall–Kier alpha value is -3.05. The molecule has 4 nitrogen and oxygen atoms in total. The highest BCUT2D eigenvalue weighted by Gasteiger charge is 2.12. The summed E-state index contributed by atoms with van der Waals surface area (Å²) in [5.74, 6) is 1.56. The molecule has 0 fully saturated rings. The van der Waals surface area contributed by atoms with Crippen molar-refractivity contribution in [2.24, 2.45) is 0 Å². The van der Waals surface area contributed by atoms with Crippen molar-refractivity contribution in [1.82, 2.24) is 4.98 Å². The molecule has 0 atom stereocenters. The molecule has 5 rings (SSSR count). The summed E-state index contributed by atoms with van der Waals surface area (Å²) in [6, 6.07) is 20.6. The fourth-order valence-corrected chi connectivity index (χ4v) is 3.80. The zero-order valence-corrected chi connectivity index (χ0v) is 14.8. The van der Waals surface area contributed by atoms with Gasteiger partial charge in [-0.3, -0.25) is 0 Å². The largest absolute Gasteiger partial charge is 0.486 e. The number of nitrogens with zero attached hydrogens (tertiary/aromatic N) is 1. The van der Waals surface area contributed by atoms with Gasteiger partial charge >= 0.3 is 0 Å². The molecule has 3 aromatic carbocycles. The van der Waals surface area contributed by atoms with Crippen LogP contribution in [0.25, 0.3) is 22.0 Å². The number of thiazole rings is 1. The first kappa shape index (κ1) is 15.2. The van der Waals surface area contributed by atoms with Gasteiger partial charge in [-0.05, 0) is 29.0 Å². The van der Waals surface area contributed by atoms with Gasteiger partial charge in [0.2, 0.25) is 0 Å². The highest BCUT2D eigenvalue weighted by Crippen LogP contribution is 2.35. The Morgan fingerprint density at radius 1 is 0.846 bits per heavy atom. The Balaban J connectivity index is 1.41. The van der Waals surface area contributed by atoms with Gasteiger partial charge in [0, 0.05) is 22.7 Å². The molecule has 0 amide bonds. The van der Waals surface area contributed by atoms with Crippen LogP contribution >= 0.6 is 11.3 Å². The molecule has 0 unspecified atom stereocenters. The van der Waals surface area contributed by atoms with Crippen LogP contribution in [0.1, 0.15) is 0 Å². The SMILES string of the molecule is c1ccc2cc(-c3csc(Nc4ccc5c(c4)OCCO5)n3)ccc2c1. The fourth-order valence-electron chi connectivity index (χ4n) is 3.06. The zero-order chi connectivity index (χ0) is 17.3. The Morgan fingerprint density at radius 2 is 1.69 bits per heavy atom. The average molecular weight is 360 g/mol. The third kappa shape index (κ3) is 2.86. The lowest BCUT2D eigenvalue weighted by Gasteiger charge is -2.18. The summed E-state index contributed by atoms with van der Waals surface area (Å²) >= 11 is 1.59. The first-order chi connectivity index (χ1) is 12.8. The minimum atomic E-state index is 0.583. The molecule has 0 bridgehead atoms. The van der Waals surface area contributed by atoms with Crippen molar-refractivity contribution in [2.45, 2.75) is 0 Å². The van der Waals surface area contributed by atoms with Crippen molar-refractivity contribution in [1.29, 1.82) is 0 Å². The van der Waals surface area contributed by atoms with E-state index in [0.29, 0.717) is 13.2 Å². The summed E-state index contributed by atoms with van der Waals surface area (Å²) in [5.41, 5.74) is 3.03. The number of anilines is 2. The molecule has 26 heavy (non-hydrogen) atoms. The molecule has 1 aliphatic rings. The molecule has 0 saturated carbocycles. The van der Waals surface area contributed by atoms with Gasteiger partial charge in [-0.1, -0.05) is 36.4 Å². The Morgan fingerprint density at radius 3 is 2.62 bits per heavy atom. The number of rotatable bonds is 3. The highest BCUT2D eigenvalue weighted by atomic mass is 32.1. The highest BCUT2D eigenvalue weighted by molar-refractivity contribution is 7.14. The minimum Gasteiger partial charge on any atom is -0.486 e. The van der Waals surface area contributed by atoms with Crippen molar-refractivity contribution in [2.75, 3.05) is 18.5 Å². The third-order valence-electron chi connectivity index (χ3n) is 4.34. The fraction of sp³-hybridized carbons (Fsp3) is 0.0952. The second kappa shape index (κ2) is 6.35. The summed E-state index contributed by atoms with van der Waals surface area (Å²) < 4.78 is 11.2. The molecule has 1 N–H and O–H groups in total. The molecule has 2 heterocycles. The van der Waals surface area contributed by atoms with Crippen LogP contribution in [0.5, 0.6) is 11.5 Å².